The fraction of sp³-hybridized carbons (Fsp3) is 0.357. The van der Waals surface area contributed by atoms with E-state index in [-0.39, 0.29) is 10.9 Å². The van der Waals surface area contributed by atoms with Gasteiger partial charge in [0.1, 0.15) is 0 Å². The van der Waals surface area contributed by atoms with Gasteiger partial charge < -0.3 is 16.8 Å². The SMILES string of the molecule is CCC(CC)(C(=O)Nc1cccc(C(N)=O)c1)C(N)=S. The Morgan fingerprint density at radius 3 is 2.30 bits per heavy atom. The fourth-order valence-corrected chi connectivity index (χ4v) is 2.41. The van der Waals surface area contributed by atoms with Crippen molar-refractivity contribution in [2.75, 3.05) is 5.32 Å². The molecule has 0 aliphatic rings. The summed E-state index contributed by atoms with van der Waals surface area (Å²) in [4.78, 5) is 23.7. The molecular weight excluding hydrogens is 274 g/mol. The van der Waals surface area contributed by atoms with Gasteiger partial charge in [0.05, 0.1) is 10.4 Å². The number of hydrogen-bond donors (Lipinski definition) is 3. The molecule has 0 spiro atoms. The largest absolute Gasteiger partial charge is 0.392 e. The number of rotatable bonds is 6. The third-order valence-corrected chi connectivity index (χ3v) is 3.91. The highest BCUT2D eigenvalue weighted by molar-refractivity contribution is 7.80. The van der Waals surface area contributed by atoms with Crippen LogP contribution in [-0.2, 0) is 4.79 Å². The van der Waals surface area contributed by atoms with Crippen LogP contribution in [0.4, 0.5) is 5.69 Å². The smallest absolute Gasteiger partial charge is 0.248 e. The lowest BCUT2D eigenvalue weighted by Gasteiger charge is -2.28. The maximum absolute atomic E-state index is 12.4. The molecule has 1 rings (SSSR count). The van der Waals surface area contributed by atoms with Crippen molar-refractivity contribution in [3.05, 3.63) is 29.8 Å². The summed E-state index contributed by atoms with van der Waals surface area (Å²) < 4.78 is 0. The molecular formula is C14H19N3O2S. The average molecular weight is 293 g/mol. The van der Waals surface area contributed by atoms with Crippen LogP contribution in [0.1, 0.15) is 37.0 Å². The minimum atomic E-state index is -0.877. The Morgan fingerprint density at radius 2 is 1.85 bits per heavy atom. The summed E-state index contributed by atoms with van der Waals surface area (Å²) in [6, 6.07) is 6.43. The van der Waals surface area contributed by atoms with E-state index in [1.165, 1.54) is 6.07 Å². The van der Waals surface area contributed by atoms with E-state index in [4.69, 9.17) is 23.7 Å². The second-order valence-corrected chi connectivity index (χ2v) is 4.99. The van der Waals surface area contributed by atoms with E-state index in [1.807, 2.05) is 13.8 Å². The molecule has 0 aliphatic carbocycles. The summed E-state index contributed by atoms with van der Waals surface area (Å²) in [5.74, 6) is -0.815. The lowest BCUT2D eigenvalue weighted by Crippen LogP contribution is -2.45. The van der Waals surface area contributed by atoms with E-state index in [2.05, 4.69) is 5.32 Å². The van der Waals surface area contributed by atoms with Crippen LogP contribution in [-0.4, -0.2) is 16.8 Å². The van der Waals surface area contributed by atoms with Crippen molar-refractivity contribution in [2.24, 2.45) is 16.9 Å². The van der Waals surface area contributed by atoms with Crippen LogP contribution in [0.5, 0.6) is 0 Å². The third-order valence-electron chi connectivity index (χ3n) is 3.52. The molecule has 0 bridgehead atoms. The van der Waals surface area contributed by atoms with Crippen molar-refractivity contribution in [1.29, 1.82) is 0 Å². The molecule has 0 aromatic heterocycles. The van der Waals surface area contributed by atoms with Crippen LogP contribution < -0.4 is 16.8 Å². The predicted molar refractivity (Wildman–Crippen MR) is 83.4 cm³/mol. The molecule has 5 N–H and O–H groups in total. The Hall–Kier alpha value is -1.95. The number of carbonyl (C=O) groups excluding carboxylic acids is 2. The van der Waals surface area contributed by atoms with E-state index in [1.54, 1.807) is 18.2 Å². The number of primary amides is 1. The number of nitrogens with one attached hydrogen (secondary N) is 1. The summed E-state index contributed by atoms with van der Waals surface area (Å²) in [5, 5.41) is 2.75. The molecule has 0 saturated heterocycles. The van der Waals surface area contributed by atoms with E-state index in [0.29, 0.717) is 24.1 Å². The van der Waals surface area contributed by atoms with Gasteiger partial charge in [-0.05, 0) is 31.0 Å². The lowest BCUT2D eigenvalue weighted by atomic mass is 9.81. The molecule has 1 aromatic carbocycles. The summed E-state index contributed by atoms with van der Waals surface area (Å²) in [7, 11) is 0. The van der Waals surface area contributed by atoms with Gasteiger partial charge in [-0.25, -0.2) is 0 Å². The second-order valence-electron chi connectivity index (χ2n) is 4.55. The maximum atomic E-state index is 12.4. The first kappa shape index (κ1) is 16.1. The summed E-state index contributed by atoms with van der Waals surface area (Å²) in [6.07, 6.45) is 1.03. The summed E-state index contributed by atoms with van der Waals surface area (Å²) in [6.45, 7) is 3.73. The minimum absolute atomic E-state index is 0.172. The molecule has 0 heterocycles. The van der Waals surface area contributed by atoms with Gasteiger partial charge in [-0.2, -0.15) is 0 Å². The van der Waals surface area contributed by atoms with Crippen molar-refractivity contribution in [2.45, 2.75) is 26.7 Å². The Morgan fingerprint density at radius 1 is 1.25 bits per heavy atom. The van der Waals surface area contributed by atoms with Crippen molar-refractivity contribution < 1.29 is 9.59 Å². The van der Waals surface area contributed by atoms with Gasteiger partial charge in [-0.1, -0.05) is 32.1 Å². The highest BCUT2D eigenvalue weighted by Crippen LogP contribution is 2.29. The van der Waals surface area contributed by atoms with Gasteiger partial charge in [0, 0.05) is 11.3 Å². The van der Waals surface area contributed by atoms with Crippen LogP contribution in [0.2, 0.25) is 0 Å². The van der Waals surface area contributed by atoms with Crippen LogP contribution in [0.15, 0.2) is 24.3 Å². The molecule has 2 amide bonds. The topological polar surface area (TPSA) is 98.2 Å². The highest BCUT2D eigenvalue weighted by Gasteiger charge is 2.38. The number of nitrogens with two attached hydrogens (primary N) is 2. The molecule has 6 heteroatoms. The monoisotopic (exact) mass is 293 g/mol. The van der Waals surface area contributed by atoms with E-state index in [9.17, 15) is 9.59 Å². The number of amides is 2. The molecule has 5 nitrogen and oxygen atoms in total. The number of carbonyl (C=O) groups is 2. The van der Waals surface area contributed by atoms with Gasteiger partial charge in [-0.3, -0.25) is 9.59 Å². The first-order valence-electron chi connectivity index (χ1n) is 6.38. The zero-order chi connectivity index (χ0) is 15.3. The number of thiocarbonyl (C=S) groups is 1. The second kappa shape index (κ2) is 6.47. The van der Waals surface area contributed by atoms with Crippen LogP contribution in [0.25, 0.3) is 0 Å². The highest BCUT2D eigenvalue weighted by atomic mass is 32.1. The van der Waals surface area contributed by atoms with Crippen molar-refractivity contribution in [1.82, 2.24) is 0 Å². The Kier molecular flexibility index (Phi) is 5.21. The standard InChI is InChI=1S/C14H19N3O2S/c1-3-14(4-2,12(16)20)13(19)17-10-7-5-6-9(8-10)11(15)18/h5-8H,3-4H2,1-2H3,(H2,15,18)(H2,16,20)(H,17,19). The summed E-state index contributed by atoms with van der Waals surface area (Å²) >= 11 is 5.03. The minimum Gasteiger partial charge on any atom is -0.392 e. The molecule has 0 radical (unpaired) electrons. The summed E-state index contributed by atoms with van der Waals surface area (Å²) in [5.41, 5.74) is 10.9. The molecule has 1 aromatic rings. The molecule has 0 atom stereocenters. The zero-order valence-corrected chi connectivity index (χ0v) is 12.4. The predicted octanol–water partition coefficient (Wildman–Crippen LogP) is 1.82. The zero-order valence-electron chi connectivity index (χ0n) is 11.6. The number of hydrogen-bond acceptors (Lipinski definition) is 3. The van der Waals surface area contributed by atoms with Gasteiger partial charge in [-0.15, -0.1) is 0 Å². The van der Waals surface area contributed by atoms with Crippen molar-refractivity contribution in [3.8, 4) is 0 Å². The molecule has 0 fully saturated rings. The number of benzene rings is 1. The van der Waals surface area contributed by atoms with Crippen LogP contribution in [0, 0.1) is 5.41 Å². The Bertz CT molecular complexity index is 539. The van der Waals surface area contributed by atoms with Gasteiger partial charge >= 0.3 is 0 Å². The quantitative estimate of drug-likeness (QED) is 0.697. The fourth-order valence-electron chi connectivity index (χ4n) is 2.03. The first-order valence-corrected chi connectivity index (χ1v) is 6.79. The average Bonchev–Trinajstić information content (AvgIpc) is 2.40. The normalized spacial score (nSPS) is 10.9. The molecule has 0 unspecified atom stereocenters. The van der Waals surface area contributed by atoms with Crippen LogP contribution in [0.3, 0.4) is 0 Å². The Balaban J connectivity index is 3.03. The van der Waals surface area contributed by atoms with Crippen molar-refractivity contribution in [3.63, 3.8) is 0 Å². The van der Waals surface area contributed by atoms with E-state index >= 15 is 0 Å². The molecule has 0 saturated carbocycles. The first-order chi connectivity index (χ1) is 9.37. The lowest BCUT2D eigenvalue weighted by molar-refractivity contribution is -0.122. The maximum Gasteiger partial charge on any atom is 0.248 e. The van der Waals surface area contributed by atoms with Crippen molar-refractivity contribution >= 4 is 34.7 Å². The molecule has 20 heavy (non-hydrogen) atoms. The Labute approximate surface area is 123 Å². The van der Waals surface area contributed by atoms with Gasteiger partial charge in [0.15, 0.2) is 0 Å². The van der Waals surface area contributed by atoms with E-state index in [0.717, 1.165) is 0 Å². The van der Waals surface area contributed by atoms with Crippen LogP contribution >= 0.6 is 12.2 Å². The molecule has 0 aliphatic heterocycles. The van der Waals surface area contributed by atoms with Gasteiger partial charge in [0.2, 0.25) is 11.8 Å². The van der Waals surface area contributed by atoms with E-state index < -0.39 is 11.3 Å². The molecule has 108 valence electrons. The number of anilines is 1. The third kappa shape index (κ3) is 3.14. The van der Waals surface area contributed by atoms with Gasteiger partial charge in [0.25, 0.3) is 0 Å².